The van der Waals surface area contributed by atoms with Gasteiger partial charge in [-0.2, -0.15) is 0 Å². The minimum Gasteiger partial charge on any atom is -0.491 e. The first kappa shape index (κ1) is 13.6. The van der Waals surface area contributed by atoms with Crippen molar-refractivity contribution in [3.05, 3.63) is 53.6 Å². The van der Waals surface area contributed by atoms with Crippen LogP contribution in [0.15, 0.2) is 37.0 Å². The highest BCUT2D eigenvalue weighted by atomic mass is 35.5. The van der Waals surface area contributed by atoms with Crippen molar-refractivity contribution in [2.45, 2.75) is 13.8 Å². The molecule has 0 saturated carbocycles. The summed E-state index contributed by atoms with van der Waals surface area (Å²) in [6.45, 7) is 8.17. The molecule has 0 atom stereocenters. The van der Waals surface area contributed by atoms with Gasteiger partial charge in [-0.1, -0.05) is 36.4 Å². The van der Waals surface area contributed by atoms with Crippen molar-refractivity contribution in [1.29, 1.82) is 0 Å². The maximum atomic E-state index is 6.19. The van der Waals surface area contributed by atoms with Gasteiger partial charge in [-0.15, -0.1) is 0 Å². The van der Waals surface area contributed by atoms with Crippen LogP contribution in [0.3, 0.4) is 0 Å². The molecule has 0 N–H and O–H groups in total. The van der Waals surface area contributed by atoms with E-state index in [9.17, 15) is 0 Å². The molecule has 1 aromatic carbocycles. The SMILES string of the molecule is C=C(OCC)c1ncc(-c2ccccc2Cl)c(C)n1. The lowest BCUT2D eigenvalue weighted by atomic mass is 10.1. The molecule has 0 aliphatic rings. The zero-order chi connectivity index (χ0) is 13.8. The van der Waals surface area contributed by atoms with E-state index >= 15 is 0 Å². The van der Waals surface area contributed by atoms with Gasteiger partial charge >= 0.3 is 0 Å². The molecule has 3 nitrogen and oxygen atoms in total. The van der Waals surface area contributed by atoms with Crippen molar-refractivity contribution >= 4 is 17.4 Å². The second kappa shape index (κ2) is 5.85. The summed E-state index contributed by atoms with van der Waals surface area (Å²) >= 11 is 6.19. The highest BCUT2D eigenvalue weighted by molar-refractivity contribution is 6.33. The Morgan fingerprint density at radius 3 is 2.68 bits per heavy atom. The first-order valence-corrected chi connectivity index (χ1v) is 6.42. The van der Waals surface area contributed by atoms with Gasteiger partial charge in [0.15, 0.2) is 11.6 Å². The van der Waals surface area contributed by atoms with Gasteiger partial charge in [-0.05, 0) is 19.9 Å². The van der Waals surface area contributed by atoms with Gasteiger partial charge in [-0.3, -0.25) is 0 Å². The molecule has 1 aromatic heterocycles. The third-order valence-electron chi connectivity index (χ3n) is 2.71. The Bertz CT molecular complexity index is 611. The predicted octanol–water partition coefficient (Wildman–Crippen LogP) is 4.11. The predicted molar refractivity (Wildman–Crippen MR) is 77.9 cm³/mol. The van der Waals surface area contributed by atoms with Crippen molar-refractivity contribution in [3.63, 3.8) is 0 Å². The Hall–Kier alpha value is -1.87. The molecule has 19 heavy (non-hydrogen) atoms. The Labute approximate surface area is 117 Å². The summed E-state index contributed by atoms with van der Waals surface area (Å²) in [5, 5.41) is 0.686. The summed E-state index contributed by atoms with van der Waals surface area (Å²) in [7, 11) is 0. The Balaban J connectivity index is 2.40. The monoisotopic (exact) mass is 274 g/mol. The quantitative estimate of drug-likeness (QED) is 0.787. The summed E-state index contributed by atoms with van der Waals surface area (Å²) in [6.07, 6.45) is 1.75. The Kier molecular flexibility index (Phi) is 4.17. The topological polar surface area (TPSA) is 35.0 Å². The largest absolute Gasteiger partial charge is 0.491 e. The molecule has 2 aromatic rings. The number of hydrogen-bond acceptors (Lipinski definition) is 3. The van der Waals surface area contributed by atoms with Crippen molar-refractivity contribution < 1.29 is 4.74 Å². The van der Waals surface area contributed by atoms with Crippen LogP contribution in [0.1, 0.15) is 18.4 Å². The fourth-order valence-electron chi connectivity index (χ4n) is 1.78. The van der Waals surface area contributed by atoms with Gasteiger partial charge in [0, 0.05) is 28.0 Å². The fourth-order valence-corrected chi connectivity index (χ4v) is 2.02. The van der Waals surface area contributed by atoms with Gasteiger partial charge < -0.3 is 4.74 Å². The maximum absolute atomic E-state index is 6.19. The molecule has 0 radical (unpaired) electrons. The normalized spacial score (nSPS) is 10.3. The summed E-state index contributed by atoms with van der Waals surface area (Å²) in [6, 6.07) is 7.63. The number of nitrogens with zero attached hydrogens (tertiary/aromatic N) is 2. The minimum atomic E-state index is 0.483. The van der Waals surface area contributed by atoms with Gasteiger partial charge in [0.1, 0.15) is 0 Å². The molecule has 2 rings (SSSR count). The van der Waals surface area contributed by atoms with Gasteiger partial charge in [-0.25, -0.2) is 9.97 Å². The summed E-state index contributed by atoms with van der Waals surface area (Å²) in [5.41, 5.74) is 2.69. The lowest BCUT2D eigenvalue weighted by molar-refractivity contribution is 0.296. The van der Waals surface area contributed by atoms with Crippen LogP contribution in [0.25, 0.3) is 16.9 Å². The Morgan fingerprint density at radius 1 is 1.32 bits per heavy atom. The second-order valence-electron chi connectivity index (χ2n) is 4.03. The average molecular weight is 275 g/mol. The molecule has 0 aliphatic carbocycles. The molecule has 0 saturated heterocycles. The molecule has 1 heterocycles. The van der Waals surface area contributed by atoms with Crippen LogP contribution in [0, 0.1) is 6.92 Å². The van der Waals surface area contributed by atoms with E-state index in [0.29, 0.717) is 23.2 Å². The van der Waals surface area contributed by atoms with Crippen LogP contribution >= 0.6 is 11.6 Å². The van der Waals surface area contributed by atoms with Crippen molar-refractivity contribution in [1.82, 2.24) is 9.97 Å². The van der Waals surface area contributed by atoms with E-state index in [2.05, 4.69) is 16.5 Å². The fraction of sp³-hybridized carbons (Fsp3) is 0.200. The first-order chi connectivity index (χ1) is 9.13. The lowest BCUT2D eigenvalue weighted by Crippen LogP contribution is -2.00. The highest BCUT2D eigenvalue weighted by Gasteiger charge is 2.10. The number of aryl methyl sites for hydroxylation is 1. The van der Waals surface area contributed by atoms with E-state index in [-0.39, 0.29) is 0 Å². The van der Waals surface area contributed by atoms with Crippen molar-refractivity contribution in [2.24, 2.45) is 0 Å². The lowest BCUT2D eigenvalue weighted by Gasteiger charge is -2.10. The van der Waals surface area contributed by atoms with Crippen LogP contribution in [0.5, 0.6) is 0 Å². The van der Waals surface area contributed by atoms with Crippen LogP contribution in [0.4, 0.5) is 0 Å². The zero-order valence-electron chi connectivity index (χ0n) is 11.0. The highest BCUT2D eigenvalue weighted by Crippen LogP contribution is 2.29. The van der Waals surface area contributed by atoms with E-state index in [0.717, 1.165) is 16.8 Å². The molecular formula is C15H15ClN2O. The summed E-state index contributed by atoms with van der Waals surface area (Å²) in [5.74, 6) is 0.992. The van der Waals surface area contributed by atoms with E-state index in [4.69, 9.17) is 16.3 Å². The van der Waals surface area contributed by atoms with Gasteiger partial charge in [0.05, 0.1) is 6.61 Å². The van der Waals surface area contributed by atoms with Crippen LogP contribution < -0.4 is 0 Å². The second-order valence-corrected chi connectivity index (χ2v) is 4.44. The first-order valence-electron chi connectivity index (χ1n) is 6.04. The summed E-state index contributed by atoms with van der Waals surface area (Å²) < 4.78 is 5.31. The number of halogens is 1. The zero-order valence-corrected chi connectivity index (χ0v) is 11.7. The van der Waals surface area contributed by atoms with Gasteiger partial charge in [0.25, 0.3) is 0 Å². The van der Waals surface area contributed by atoms with Crippen molar-refractivity contribution in [2.75, 3.05) is 6.61 Å². The molecule has 98 valence electrons. The number of aromatic nitrogens is 2. The Morgan fingerprint density at radius 2 is 2.05 bits per heavy atom. The molecule has 0 bridgehead atoms. The molecule has 0 amide bonds. The molecule has 0 unspecified atom stereocenters. The number of ether oxygens (including phenoxy) is 1. The van der Waals surface area contributed by atoms with Crippen LogP contribution in [0.2, 0.25) is 5.02 Å². The van der Waals surface area contributed by atoms with E-state index in [1.165, 1.54) is 0 Å². The molecule has 0 fully saturated rings. The number of rotatable bonds is 4. The van der Waals surface area contributed by atoms with Crippen molar-refractivity contribution in [3.8, 4) is 11.1 Å². The smallest absolute Gasteiger partial charge is 0.194 e. The molecule has 0 aliphatic heterocycles. The third-order valence-corrected chi connectivity index (χ3v) is 3.04. The summed E-state index contributed by atoms with van der Waals surface area (Å²) in [4.78, 5) is 8.70. The maximum Gasteiger partial charge on any atom is 0.194 e. The molecule has 0 spiro atoms. The third kappa shape index (κ3) is 2.93. The van der Waals surface area contributed by atoms with Crippen LogP contribution in [-0.4, -0.2) is 16.6 Å². The van der Waals surface area contributed by atoms with E-state index in [1.54, 1.807) is 6.20 Å². The molecule has 4 heteroatoms. The van der Waals surface area contributed by atoms with E-state index < -0.39 is 0 Å². The van der Waals surface area contributed by atoms with Crippen LogP contribution in [-0.2, 0) is 4.74 Å². The van der Waals surface area contributed by atoms with Gasteiger partial charge in [0.2, 0.25) is 0 Å². The van der Waals surface area contributed by atoms with E-state index in [1.807, 2.05) is 38.1 Å². The number of benzene rings is 1. The average Bonchev–Trinajstić information content (AvgIpc) is 2.40. The number of hydrogen-bond donors (Lipinski definition) is 0. The molecular weight excluding hydrogens is 260 g/mol. The standard InChI is InChI=1S/C15H15ClN2O/c1-4-19-11(3)15-17-9-13(10(2)18-15)12-7-5-6-8-14(12)16/h5-9H,3-4H2,1-2H3. The minimum absolute atomic E-state index is 0.483.